The van der Waals surface area contributed by atoms with E-state index in [0.717, 1.165) is 16.1 Å². The molecule has 1 saturated heterocycles. The lowest BCUT2D eigenvalue weighted by Crippen LogP contribution is -2.58. The van der Waals surface area contributed by atoms with E-state index in [2.05, 4.69) is 15.6 Å². The molecule has 0 radical (unpaired) electrons. The molecule has 1 saturated carbocycles. The highest BCUT2D eigenvalue weighted by Gasteiger charge is 2.53. The molecule has 1 aliphatic carbocycles. The second-order valence-corrected chi connectivity index (χ2v) is 11.6. The van der Waals surface area contributed by atoms with Crippen molar-refractivity contribution in [1.82, 2.24) is 20.5 Å². The molecule has 2 fully saturated rings. The average Bonchev–Trinajstić information content (AvgIpc) is 3.20. The Labute approximate surface area is 214 Å². The Morgan fingerprint density at radius 3 is 2.61 bits per heavy atom. The first-order chi connectivity index (χ1) is 16.9. The Balaban J connectivity index is 1.42. The van der Waals surface area contributed by atoms with Gasteiger partial charge in [-0.1, -0.05) is 32.9 Å². The molecule has 2 atom stereocenters. The Kier molecular flexibility index (Phi) is 7.10. The summed E-state index contributed by atoms with van der Waals surface area (Å²) < 4.78 is 14.3. The van der Waals surface area contributed by atoms with Gasteiger partial charge in [0.15, 0.2) is 5.67 Å². The lowest BCUT2D eigenvalue weighted by Gasteiger charge is -2.35. The fourth-order valence-corrected chi connectivity index (χ4v) is 5.25. The van der Waals surface area contributed by atoms with Crippen LogP contribution in [0.4, 0.5) is 4.39 Å². The van der Waals surface area contributed by atoms with Crippen LogP contribution in [0.15, 0.2) is 23.7 Å². The number of nitrogens with one attached hydrogen (secondary N) is 2. The number of likely N-dealkylation sites (tertiary alicyclic amines) is 1. The van der Waals surface area contributed by atoms with Gasteiger partial charge in [-0.2, -0.15) is 0 Å². The van der Waals surface area contributed by atoms with Crippen molar-refractivity contribution in [3.63, 3.8) is 0 Å². The highest BCUT2D eigenvalue weighted by Crippen LogP contribution is 2.40. The standard InChI is InChI=1S/C26H33FN4O4S/c1-15-20(36-14-29-15)16-7-8-17(19(32)12-16)13-28-22(33)18-6-5-11-31(18)23(34)21(25(2,3)4)30-24(35)26(27)9-10-26/h7-8,12,14,18,21,32H,5-6,9-11,13H2,1-4H3,(H,28,33)(H,30,35). The van der Waals surface area contributed by atoms with Crippen LogP contribution in [-0.4, -0.2) is 57.0 Å². The Morgan fingerprint density at radius 1 is 1.31 bits per heavy atom. The molecule has 194 valence electrons. The van der Waals surface area contributed by atoms with Crippen LogP contribution in [0.2, 0.25) is 0 Å². The summed E-state index contributed by atoms with van der Waals surface area (Å²) in [6, 6.07) is 3.65. The minimum atomic E-state index is -1.89. The average molecular weight is 517 g/mol. The minimum absolute atomic E-state index is 0.0655. The smallest absolute Gasteiger partial charge is 0.258 e. The third-order valence-corrected chi connectivity index (χ3v) is 7.85. The number of halogens is 1. The molecule has 1 aromatic carbocycles. The summed E-state index contributed by atoms with van der Waals surface area (Å²) in [6.07, 6.45) is 1.47. The van der Waals surface area contributed by atoms with Crippen molar-refractivity contribution < 1.29 is 23.9 Å². The normalized spacial score (nSPS) is 19.6. The molecule has 2 heterocycles. The number of amides is 3. The van der Waals surface area contributed by atoms with Crippen LogP contribution in [0.25, 0.3) is 10.4 Å². The molecule has 8 nitrogen and oxygen atoms in total. The fourth-order valence-electron chi connectivity index (χ4n) is 4.45. The first-order valence-electron chi connectivity index (χ1n) is 12.2. The zero-order valence-electron chi connectivity index (χ0n) is 21.1. The maximum atomic E-state index is 14.3. The summed E-state index contributed by atoms with van der Waals surface area (Å²) in [5, 5.41) is 16.0. The molecule has 1 aliphatic heterocycles. The number of aryl methyl sites for hydroxylation is 1. The van der Waals surface area contributed by atoms with Gasteiger partial charge in [0.2, 0.25) is 11.8 Å². The molecule has 10 heteroatoms. The summed E-state index contributed by atoms with van der Waals surface area (Å²) in [5.74, 6) is -1.41. The number of hydrogen-bond donors (Lipinski definition) is 3. The van der Waals surface area contributed by atoms with Gasteiger partial charge in [-0.3, -0.25) is 14.4 Å². The number of carbonyl (C=O) groups is 3. The second-order valence-electron chi connectivity index (χ2n) is 10.8. The number of carbonyl (C=O) groups excluding carboxylic acids is 3. The van der Waals surface area contributed by atoms with Gasteiger partial charge < -0.3 is 20.6 Å². The zero-order valence-corrected chi connectivity index (χ0v) is 21.9. The molecule has 3 amide bonds. The predicted molar refractivity (Wildman–Crippen MR) is 135 cm³/mol. The van der Waals surface area contributed by atoms with E-state index in [9.17, 15) is 23.9 Å². The molecular formula is C26H33FN4O4S. The second kappa shape index (κ2) is 9.80. The minimum Gasteiger partial charge on any atom is -0.508 e. The van der Waals surface area contributed by atoms with Crippen LogP contribution < -0.4 is 10.6 Å². The predicted octanol–water partition coefficient (Wildman–Crippen LogP) is 3.46. The first-order valence-corrected chi connectivity index (χ1v) is 13.1. The van der Waals surface area contributed by atoms with E-state index in [1.165, 1.54) is 16.2 Å². The quantitative estimate of drug-likeness (QED) is 0.522. The number of phenols is 1. The van der Waals surface area contributed by atoms with Gasteiger partial charge in [-0.25, -0.2) is 9.37 Å². The Bertz CT molecular complexity index is 1170. The third-order valence-electron chi connectivity index (χ3n) is 6.87. The number of rotatable bonds is 7. The maximum absolute atomic E-state index is 14.3. The van der Waals surface area contributed by atoms with Gasteiger partial charge >= 0.3 is 0 Å². The van der Waals surface area contributed by atoms with Crippen LogP contribution in [0.1, 0.15) is 57.7 Å². The zero-order chi connectivity index (χ0) is 26.3. The van der Waals surface area contributed by atoms with E-state index < -0.39 is 29.1 Å². The maximum Gasteiger partial charge on any atom is 0.258 e. The molecule has 36 heavy (non-hydrogen) atoms. The summed E-state index contributed by atoms with van der Waals surface area (Å²) in [4.78, 5) is 45.6. The van der Waals surface area contributed by atoms with Gasteiger partial charge in [-0.05, 0) is 49.7 Å². The van der Waals surface area contributed by atoms with Gasteiger partial charge in [0.25, 0.3) is 5.91 Å². The van der Waals surface area contributed by atoms with E-state index in [1.807, 2.05) is 13.0 Å². The van der Waals surface area contributed by atoms with Crippen LogP contribution >= 0.6 is 11.3 Å². The lowest BCUT2D eigenvalue weighted by molar-refractivity contribution is -0.144. The number of nitrogens with zero attached hydrogens (tertiary/aromatic N) is 2. The largest absolute Gasteiger partial charge is 0.508 e. The Hall–Kier alpha value is -3.01. The van der Waals surface area contributed by atoms with Crippen molar-refractivity contribution in [2.24, 2.45) is 5.41 Å². The highest BCUT2D eigenvalue weighted by molar-refractivity contribution is 7.13. The van der Waals surface area contributed by atoms with Crippen molar-refractivity contribution in [3.05, 3.63) is 35.0 Å². The number of aromatic hydroxyl groups is 1. The van der Waals surface area contributed by atoms with Crippen LogP contribution in [-0.2, 0) is 20.9 Å². The fraction of sp³-hybridized carbons (Fsp3) is 0.538. The Morgan fingerprint density at radius 2 is 2.03 bits per heavy atom. The number of phenolic OH excluding ortho intramolecular Hbond substituents is 1. The molecular weight excluding hydrogens is 483 g/mol. The number of benzene rings is 1. The van der Waals surface area contributed by atoms with Crippen LogP contribution in [0, 0.1) is 12.3 Å². The third kappa shape index (κ3) is 5.38. The van der Waals surface area contributed by atoms with Crippen molar-refractivity contribution >= 4 is 29.1 Å². The van der Waals surface area contributed by atoms with E-state index in [4.69, 9.17) is 0 Å². The summed E-state index contributed by atoms with van der Waals surface area (Å²) in [5.41, 5.74) is 1.50. The summed E-state index contributed by atoms with van der Waals surface area (Å²) in [7, 11) is 0. The number of thiazole rings is 1. The SMILES string of the molecule is Cc1ncsc1-c1ccc(CNC(=O)C2CCCN2C(=O)C(NC(=O)C2(F)CC2)C(C)(C)C)c(O)c1. The monoisotopic (exact) mass is 516 g/mol. The lowest BCUT2D eigenvalue weighted by atomic mass is 9.85. The van der Waals surface area contributed by atoms with E-state index in [1.54, 1.807) is 38.4 Å². The summed E-state index contributed by atoms with van der Waals surface area (Å²) >= 11 is 1.49. The van der Waals surface area contributed by atoms with Gasteiger partial charge in [-0.15, -0.1) is 11.3 Å². The topological polar surface area (TPSA) is 112 Å². The highest BCUT2D eigenvalue weighted by atomic mass is 32.1. The van der Waals surface area contributed by atoms with E-state index in [0.29, 0.717) is 24.9 Å². The molecule has 0 bridgehead atoms. The van der Waals surface area contributed by atoms with Gasteiger partial charge in [0, 0.05) is 18.7 Å². The molecule has 4 rings (SSSR count). The first kappa shape index (κ1) is 26.1. The molecule has 2 unspecified atom stereocenters. The molecule has 1 aromatic heterocycles. The van der Waals surface area contributed by atoms with Crippen LogP contribution in [0.3, 0.4) is 0 Å². The van der Waals surface area contributed by atoms with Crippen molar-refractivity contribution in [2.75, 3.05) is 6.54 Å². The van der Waals surface area contributed by atoms with Gasteiger partial charge in [0.05, 0.1) is 16.1 Å². The van der Waals surface area contributed by atoms with E-state index >= 15 is 0 Å². The molecule has 2 aliphatic rings. The number of hydrogen-bond acceptors (Lipinski definition) is 6. The number of alkyl halides is 1. The molecule has 3 N–H and O–H groups in total. The van der Waals surface area contributed by atoms with Crippen LogP contribution in [0.5, 0.6) is 5.75 Å². The molecule has 0 spiro atoms. The van der Waals surface area contributed by atoms with Crippen molar-refractivity contribution in [3.8, 4) is 16.2 Å². The summed E-state index contributed by atoms with van der Waals surface area (Å²) in [6.45, 7) is 7.81. The number of aromatic nitrogens is 1. The van der Waals surface area contributed by atoms with Crippen molar-refractivity contribution in [2.45, 2.75) is 77.7 Å². The molecule has 2 aromatic rings. The van der Waals surface area contributed by atoms with E-state index in [-0.39, 0.29) is 37.0 Å². The van der Waals surface area contributed by atoms with Gasteiger partial charge in [0.1, 0.15) is 17.8 Å². The van der Waals surface area contributed by atoms with Crippen molar-refractivity contribution in [1.29, 1.82) is 0 Å².